The molecule has 0 amide bonds. The number of hydrogen-bond acceptors (Lipinski definition) is 3. The number of thiophene rings is 1. The van der Waals surface area contributed by atoms with Gasteiger partial charge in [-0.05, 0) is 44.9 Å². The maximum atomic E-state index is 6.07. The summed E-state index contributed by atoms with van der Waals surface area (Å²) in [6.45, 7) is 6.45. The lowest BCUT2D eigenvalue weighted by Gasteiger charge is -2.40. The molecule has 0 aromatic carbocycles. The van der Waals surface area contributed by atoms with Crippen molar-refractivity contribution in [2.75, 3.05) is 13.1 Å². The maximum absolute atomic E-state index is 6.07. The van der Waals surface area contributed by atoms with Crippen molar-refractivity contribution in [1.29, 1.82) is 0 Å². The van der Waals surface area contributed by atoms with Crippen molar-refractivity contribution in [3.8, 4) is 0 Å². The molecule has 1 aliphatic heterocycles. The van der Waals surface area contributed by atoms with Gasteiger partial charge < -0.3 is 5.73 Å². The number of piperidine rings is 1. The van der Waals surface area contributed by atoms with Gasteiger partial charge in [-0.2, -0.15) is 0 Å². The first-order chi connectivity index (χ1) is 8.76. The van der Waals surface area contributed by atoms with Gasteiger partial charge in [-0.3, -0.25) is 4.90 Å². The molecule has 1 fully saturated rings. The third-order valence-corrected chi connectivity index (χ3v) is 5.11. The summed E-state index contributed by atoms with van der Waals surface area (Å²) in [6, 6.07) is 5.69. The largest absolute Gasteiger partial charge is 0.329 e. The van der Waals surface area contributed by atoms with Gasteiger partial charge in [0.05, 0.1) is 6.04 Å². The monoisotopic (exact) mass is 266 g/mol. The van der Waals surface area contributed by atoms with Crippen molar-refractivity contribution in [1.82, 2.24) is 4.90 Å². The molecule has 2 N–H and O–H groups in total. The summed E-state index contributed by atoms with van der Waals surface area (Å²) >= 11 is 1.91. The first-order valence-corrected chi connectivity index (χ1v) is 8.10. The van der Waals surface area contributed by atoms with Gasteiger partial charge in [0, 0.05) is 22.3 Å². The molecule has 1 aromatic rings. The van der Waals surface area contributed by atoms with Gasteiger partial charge in [-0.25, -0.2) is 0 Å². The highest BCUT2D eigenvalue weighted by Crippen LogP contribution is 2.33. The summed E-state index contributed by atoms with van der Waals surface area (Å²) in [5, 5.41) is 0. The highest BCUT2D eigenvalue weighted by molar-refractivity contribution is 7.12. The van der Waals surface area contributed by atoms with Gasteiger partial charge in [0.15, 0.2) is 0 Å². The van der Waals surface area contributed by atoms with Crippen LogP contribution >= 0.6 is 11.3 Å². The van der Waals surface area contributed by atoms with Crippen LogP contribution in [-0.2, 0) is 0 Å². The molecule has 0 spiro atoms. The van der Waals surface area contributed by atoms with Gasteiger partial charge in [0.2, 0.25) is 0 Å². The fourth-order valence-corrected chi connectivity index (χ4v) is 4.14. The molecule has 0 saturated carbocycles. The van der Waals surface area contributed by atoms with E-state index in [9.17, 15) is 0 Å². The van der Waals surface area contributed by atoms with Crippen molar-refractivity contribution < 1.29 is 0 Å². The van der Waals surface area contributed by atoms with Crippen LogP contribution < -0.4 is 5.73 Å². The number of hydrogen-bond donors (Lipinski definition) is 1. The zero-order valence-electron chi connectivity index (χ0n) is 11.7. The summed E-state index contributed by atoms with van der Waals surface area (Å²) in [7, 11) is 0. The van der Waals surface area contributed by atoms with Crippen LogP contribution in [0.15, 0.2) is 12.1 Å². The Morgan fingerprint density at radius 1 is 1.44 bits per heavy atom. The van der Waals surface area contributed by atoms with Crippen LogP contribution in [0.3, 0.4) is 0 Å². The molecule has 2 rings (SSSR count). The van der Waals surface area contributed by atoms with Crippen molar-refractivity contribution in [3.63, 3.8) is 0 Å². The molecule has 0 aliphatic carbocycles. The molecule has 0 radical (unpaired) electrons. The molecule has 2 unspecified atom stereocenters. The third-order valence-electron chi connectivity index (χ3n) is 4.01. The first kappa shape index (κ1) is 14.0. The minimum atomic E-state index is 0.445. The van der Waals surface area contributed by atoms with Crippen LogP contribution in [0.5, 0.6) is 0 Å². The van der Waals surface area contributed by atoms with Crippen molar-refractivity contribution in [3.05, 3.63) is 21.9 Å². The summed E-state index contributed by atoms with van der Waals surface area (Å²) < 4.78 is 0. The Kier molecular flexibility index (Phi) is 5.22. The molecular formula is C15H26N2S. The number of rotatable bonds is 5. The number of nitrogens with zero attached hydrogens (tertiary/aromatic N) is 1. The number of likely N-dealkylation sites (tertiary alicyclic amines) is 1. The van der Waals surface area contributed by atoms with Gasteiger partial charge in [0.1, 0.15) is 0 Å². The van der Waals surface area contributed by atoms with Crippen LogP contribution in [0, 0.1) is 6.92 Å². The molecule has 1 aliphatic rings. The van der Waals surface area contributed by atoms with E-state index in [1.165, 1.54) is 48.4 Å². The van der Waals surface area contributed by atoms with Crippen LogP contribution in [0.2, 0.25) is 0 Å². The molecule has 2 atom stereocenters. The van der Waals surface area contributed by atoms with Gasteiger partial charge in [0.25, 0.3) is 0 Å². The average molecular weight is 266 g/mol. The highest BCUT2D eigenvalue weighted by atomic mass is 32.1. The number of aryl methyl sites for hydroxylation is 1. The van der Waals surface area contributed by atoms with E-state index in [2.05, 4.69) is 30.9 Å². The molecule has 18 heavy (non-hydrogen) atoms. The molecule has 102 valence electrons. The zero-order chi connectivity index (χ0) is 13.0. The number of nitrogens with two attached hydrogens (primary N) is 1. The summed E-state index contributed by atoms with van der Waals surface area (Å²) in [4.78, 5) is 5.53. The Labute approximate surface area is 115 Å². The van der Waals surface area contributed by atoms with E-state index < -0.39 is 0 Å². The average Bonchev–Trinajstić information content (AvgIpc) is 2.79. The normalized spacial score (nSPS) is 23.2. The Balaban J connectivity index is 2.14. The van der Waals surface area contributed by atoms with Crippen molar-refractivity contribution in [2.45, 2.75) is 58.0 Å². The quantitative estimate of drug-likeness (QED) is 0.880. The second-order valence-corrected chi connectivity index (χ2v) is 6.70. The van der Waals surface area contributed by atoms with E-state index in [0.29, 0.717) is 6.04 Å². The SMILES string of the molecule is CCCC1CCCCN1C(CN)c1ccc(C)s1. The fraction of sp³-hybridized carbons (Fsp3) is 0.733. The standard InChI is InChI=1S/C15H26N2S/c1-3-6-13-7-4-5-10-17(13)14(11-16)15-9-8-12(2)18-15/h8-9,13-14H,3-7,10-11,16H2,1-2H3. The van der Waals surface area contributed by atoms with Gasteiger partial charge >= 0.3 is 0 Å². The highest BCUT2D eigenvalue weighted by Gasteiger charge is 2.29. The molecular weight excluding hydrogens is 240 g/mol. The van der Waals surface area contributed by atoms with E-state index in [1.54, 1.807) is 0 Å². The predicted octanol–water partition coefficient (Wildman–Crippen LogP) is 3.71. The second kappa shape index (κ2) is 6.69. The van der Waals surface area contributed by atoms with Crippen LogP contribution in [0.4, 0.5) is 0 Å². The Morgan fingerprint density at radius 2 is 2.28 bits per heavy atom. The summed E-state index contributed by atoms with van der Waals surface area (Å²) in [5.74, 6) is 0. The first-order valence-electron chi connectivity index (χ1n) is 7.28. The van der Waals surface area contributed by atoms with E-state index in [4.69, 9.17) is 5.73 Å². The van der Waals surface area contributed by atoms with Gasteiger partial charge in [-0.15, -0.1) is 11.3 Å². The van der Waals surface area contributed by atoms with E-state index in [-0.39, 0.29) is 0 Å². The van der Waals surface area contributed by atoms with E-state index in [1.807, 2.05) is 11.3 Å². The van der Waals surface area contributed by atoms with Crippen molar-refractivity contribution in [2.24, 2.45) is 5.73 Å². The zero-order valence-corrected chi connectivity index (χ0v) is 12.5. The van der Waals surface area contributed by atoms with Crippen LogP contribution in [0.25, 0.3) is 0 Å². The molecule has 2 nitrogen and oxygen atoms in total. The molecule has 3 heteroatoms. The minimum absolute atomic E-state index is 0.445. The summed E-state index contributed by atoms with van der Waals surface area (Å²) in [5.41, 5.74) is 6.07. The minimum Gasteiger partial charge on any atom is -0.329 e. The maximum Gasteiger partial charge on any atom is 0.0566 e. The smallest absolute Gasteiger partial charge is 0.0566 e. The Hall–Kier alpha value is -0.380. The fourth-order valence-electron chi connectivity index (χ4n) is 3.12. The molecule has 0 bridgehead atoms. The lowest BCUT2D eigenvalue weighted by molar-refractivity contribution is 0.0929. The topological polar surface area (TPSA) is 29.3 Å². The van der Waals surface area contributed by atoms with Crippen molar-refractivity contribution >= 4 is 11.3 Å². The second-order valence-electron chi connectivity index (χ2n) is 5.38. The summed E-state index contributed by atoms with van der Waals surface area (Å²) in [6.07, 6.45) is 6.68. The predicted molar refractivity (Wildman–Crippen MR) is 80.1 cm³/mol. The van der Waals surface area contributed by atoms with Gasteiger partial charge in [-0.1, -0.05) is 19.8 Å². The molecule has 2 heterocycles. The lowest BCUT2D eigenvalue weighted by Crippen LogP contribution is -2.44. The molecule has 1 aromatic heterocycles. The molecule has 1 saturated heterocycles. The van der Waals surface area contributed by atoms with E-state index >= 15 is 0 Å². The third kappa shape index (κ3) is 3.14. The lowest BCUT2D eigenvalue weighted by atomic mass is 9.95. The van der Waals surface area contributed by atoms with E-state index in [0.717, 1.165) is 12.6 Å². The van der Waals surface area contributed by atoms with Crippen LogP contribution in [0.1, 0.15) is 54.8 Å². The van der Waals surface area contributed by atoms with Crippen LogP contribution in [-0.4, -0.2) is 24.0 Å². The Morgan fingerprint density at radius 3 is 2.89 bits per heavy atom. The Bertz CT molecular complexity index is 359.